The minimum atomic E-state index is -3.46. The Morgan fingerprint density at radius 1 is 1.36 bits per heavy atom. The van der Waals surface area contributed by atoms with Crippen LogP contribution in [0.3, 0.4) is 0 Å². The van der Waals surface area contributed by atoms with Gasteiger partial charge in [0.05, 0.1) is 4.90 Å². The first-order valence-corrected chi connectivity index (χ1v) is 10.7. The topological polar surface area (TPSA) is 97.9 Å². The van der Waals surface area contributed by atoms with Crippen LogP contribution in [0.4, 0.5) is 8.78 Å². The number of hydrogen-bond acceptors (Lipinski definition) is 6. The molecule has 0 radical (unpaired) electrons. The third-order valence-corrected chi connectivity index (χ3v) is 5.82. The van der Waals surface area contributed by atoms with E-state index in [9.17, 15) is 22.5 Å². The van der Waals surface area contributed by atoms with Gasteiger partial charge in [0.1, 0.15) is 17.7 Å². The van der Waals surface area contributed by atoms with Crippen LogP contribution < -0.4 is 4.74 Å². The lowest BCUT2D eigenvalue weighted by Crippen LogP contribution is -2.25. The number of nitriles is 1. The minimum Gasteiger partial charge on any atom is -0.473 e. The highest BCUT2D eigenvalue weighted by atomic mass is 32.2. The van der Waals surface area contributed by atoms with Gasteiger partial charge in [0.15, 0.2) is 21.3 Å². The highest BCUT2D eigenvalue weighted by Gasteiger charge is 2.30. The molecule has 150 valence electrons. The Hall–Kier alpha value is -2.54. The van der Waals surface area contributed by atoms with Gasteiger partial charge >= 0.3 is 0 Å². The fourth-order valence-electron chi connectivity index (χ4n) is 3.30. The van der Waals surface area contributed by atoms with Crippen molar-refractivity contribution in [2.45, 2.75) is 50.0 Å². The molecule has 0 aromatic carbocycles. The maximum atomic E-state index is 13.4. The molecular weight excluding hydrogens is 390 g/mol. The maximum Gasteiger partial charge on any atom is 0.283 e. The van der Waals surface area contributed by atoms with Crippen LogP contribution >= 0.6 is 0 Å². The normalized spacial score (nSPS) is 20.1. The number of rotatable bonds is 5. The molecule has 2 atom stereocenters. The van der Waals surface area contributed by atoms with Gasteiger partial charge in [0, 0.05) is 12.5 Å². The molecule has 3 rings (SSSR count). The largest absolute Gasteiger partial charge is 0.473 e. The first-order chi connectivity index (χ1) is 13.2. The van der Waals surface area contributed by atoms with Crippen LogP contribution in [-0.4, -0.2) is 35.5 Å². The molecule has 0 N–H and O–H groups in total. The summed E-state index contributed by atoms with van der Waals surface area (Å²) in [6.07, 6.45) is 2.51. The van der Waals surface area contributed by atoms with Crippen LogP contribution in [0, 0.1) is 17.2 Å². The van der Waals surface area contributed by atoms with Crippen LogP contribution in [-0.2, 0) is 9.84 Å². The Kier molecular flexibility index (Phi) is 5.65. The van der Waals surface area contributed by atoms with Crippen molar-refractivity contribution in [3.8, 4) is 17.8 Å². The molecule has 28 heavy (non-hydrogen) atoms. The van der Waals surface area contributed by atoms with Crippen molar-refractivity contribution in [3.63, 3.8) is 0 Å². The van der Waals surface area contributed by atoms with Gasteiger partial charge in [0.2, 0.25) is 5.88 Å². The molecular formula is C18H20F2N4O3S. The molecule has 0 saturated heterocycles. The van der Waals surface area contributed by atoms with E-state index in [4.69, 9.17) is 4.74 Å². The molecule has 1 aliphatic rings. The van der Waals surface area contributed by atoms with Gasteiger partial charge in [-0.05, 0) is 37.3 Å². The zero-order valence-electron chi connectivity index (χ0n) is 15.5. The molecule has 1 aliphatic carbocycles. The molecule has 0 amide bonds. The van der Waals surface area contributed by atoms with Gasteiger partial charge in [-0.2, -0.15) is 15.0 Å². The average molecular weight is 410 g/mol. The smallest absolute Gasteiger partial charge is 0.283 e. The van der Waals surface area contributed by atoms with Gasteiger partial charge in [-0.3, -0.25) is 0 Å². The van der Waals surface area contributed by atoms with Gasteiger partial charge in [-0.15, -0.1) is 0 Å². The first-order valence-electron chi connectivity index (χ1n) is 8.85. The summed E-state index contributed by atoms with van der Waals surface area (Å²) in [6.45, 7) is 2.09. The summed E-state index contributed by atoms with van der Waals surface area (Å²) < 4.78 is 57.0. The lowest BCUT2D eigenvalue weighted by molar-refractivity contribution is 0.120. The number of sulfone groups is 1. The fraction of sp³-hybridized carbons (Fsp3) is 0.500. The van der Waals surface area contributed by atoms with Crippen LogP contribution in [0.15, 0.2) is 23.2 Å². The van der Waals surface area contributed by atoms with Crippen LogP contribution in [0.25, 0.3) is 5.82 Å². The van der Waals surface area contributed by atoms with Crippen LogP contribution in [0.5, 0.6) is 5.88 Å². The Morgan fingerprint density at radius 3 is 2.64 bits per heavy atom. The first kappa shape index (κ1) is 20.2. The lowest BCUT2D eigenvalue weighted by Gasteiger charge is -2.27. The SMILES string of the molecule is CC1CCCC(Oc2c(C#N)c(C(F)F)nn2-c2ccc(S(C)(=O)=O)cn2)C1. The van der Waals surface area contributed by atoms with E-state index >= 15 is 0 Å². The van der Waals surface area contributed by atoms with E-state index in [1.54, 1.807) is 6.07 Å². The summed E-state index contributed by atoms with van der Waals surface area (Å²) in [4.78, 5) is 4.01. The molecule has 1 fully saturated rings. The molecule has 10 heteroatoms. The highest BCUT2D eigenvalue weighted by Crippen LogP contribution is 2.34. The van der Waals surface area contributed by atoms with E-state index in [1.807, 2.05) is 0 Å². The third kappa shape index (κ3) is 4.14. The van der Waals surface area contributed by atoms with E-state index < -0.39 is 22.0 Å². The molecule has 2 aromatic heterocycles. The summed E-state index contributed by atoms with van der Waals surface area (Å²) >= 11 is 0. The average Bonchev–Trinajstić information content (AvgIpc) is 2.99. The van der Waals surface area contributed by atoms with Gasteiger partial charge in [0.25, 0.3) is 6.43 Å². The molecule has 0 bridgehead atoms. The second-order valence-electron chi connectivity index (χ2n) is 7.03. The molecule has 7 nitrogen and oxygen atoms in total. The van der Waals surface area contributed by atoms with Crippen molar-refractivity contribution in [1.82, 2.24) is 14.8 Å². The van der Waals surface area contributed by atoms with Crippen molar-refractivity contribution < 1.29 is 21.9 Å². The summed E-state index contributed by atoms with van der Waals surface area (Å²) in [5.74, 6) is 0.438. The van der Waals surface area contributed by atoms with Crippen molar-refractivity contribution in [1.29, 1.82) is 5.26 Å². The number of pyridine rings is 1. The Balaban J connectivity index is 2.05. The number of ether oxygens (including phenoxy) is 1. The number of halogens is 2. The zero-order valence-corrected chi connectivity index (χ0v) is 16.3. The second kappa shape index (κ2) is 7.83. The number of aromatic nitrogens is 3. The molecule has 2 unspecified atom stereocenters. The summed E-state index contributed by atoms with van der Waals surface area (Å²) in [7, 11) is -3.46. The lowest BCUT2D eigenvalue weighted by atomic mass is 9.89. The fourth-order valence-corrected chi connectivity index (χ4v) is 3.86. The van der Waals surface area contributed by atoms with Crippen LogP contribution in [0.2, 0.25) is 0 Å². The molecule has 0 spiro atoms. The molecule has 1 saturated carbocycles. The quantitative estimate of drug-likeness (QED) is 0.749. The summed E-state index contributed by atoms with van der Waals surface area (Å²) in [6, 6.07) is 4.41. The van der Waals surface area contributed by atoms with Crippen molar-refractivity contribution in [3.05, 3.63) is 29.6 Å². The predicted molar refractivity (Wildman–Crippen MR) is 96.2 cm³/mol. The second-order valence-corrected chi connectivity index (χ2v) is 9.04. The van der Waals surface area contributed by atoms with E-state index in [0.717, 1.165) is 42.8 Å². The Labute approximate surface area is 161 Å². The van der Waals surface area contributed by atoms with E-state index in [0.29, 0.717) is 5.92 Å². The highest BCUT2D eigenvalue weighted by molar-refractivity contribution is 7.90. The Bertz CT molecular complexity index is 997. The van der Waals surface area contributed by atoms with E-state index in [1.165, 1.54) is 12.1 Å². The Morgan fingerprint density at radius 2 is 2.11 bits per heavy atom. The third-order valence-electron chi connectivity index (χ3n) is 4.72. The maximum absolute atomic E-state index is 13.4. The molecule has 0 aliphatic heterocycles. The molecule has 2 heterocycles. The van der Waals surface area contributed by atoms with Crippen molar-refractivity contribution in [2.75, 3.05) is 6.26 Å². The zero-order chi connectivity index (χ0) is 20.5. The van der Waals surface area contributed by atoms with E-state index in [2.05, 4.69) is 17.0 Å². The van der Waals surface area contributed by atoms with Crippen molar-refractivity contribution in [2.24, 2.45) is 5.92 Å². The standard InChI is InChI=1S/C18H20F2N4O3S/c1-11-4-3-5-12(8-11)27-18-14(9-21)16(17(19)20)23-24(18)15-7-6-13(10-22-15)28(2,25)26/h6-7,10-12,17H,3-5,8H2,1-2H3. The van der Waals surface area contributed by atoms with Gasteiger partial charge < -0.3 is 4.74 Å². The summed E-state index contributed by atoms with van der Waals surface area (Å²) in [5, 5.41) is 13.3. The minimum absolute atomic E-state index is 0.0124. The number of nitrogens with zero attached hydrogens (tertiary/aromatic N) is 4. The number of hydrogen-bond donors (Lipinski definition) is 0. The predicted octanol–water partition coefficient (Wildman–Crippen LogP) is 3.44. The van der Waals surface area contributed by atoms with Gasteiger partial charge in [-0.1, -0.05) is 13.3 Å². The van der Waals surface area contributed by atoms with Gasteiger partial charge in [-0.25, -0.2) is 22.2 Å². The van der Waals surface area contributed by atoms with E-state index in [-0.39, 0.29) is 28.3 Å². The van der Waals surface area contributed by atoms with Crippen molar-refractivity contribution >= 4 is 9.84 Å². The molecule has 2 aromatic rings. The summed E-state index contributed by atoms with van der Waals surface area (Å²) in [5.41, 5.74) is -1.02. The monoisotopic (exact) mass is 410 g/mol. The number of alkyl halides is 2. The van der Waals surface area contributed by atoms with Crippen LogP contribution in [0.1, 0.15) is 50.3 Å².